The van der Waals surface area contributed by atoms with Crippen LogP contribution in [0.2, 0.25) is 0 Å². The Balaban J connectivity index is 2.14. The van der Waals surface area contributed by atoms with Gasteiger partial charge in [0.25, 0.3) is 0 Å². The van der Waals surface area contributed by atoms with Crippen LogP contribution in [-0.2, 0) is 13.5 Å². The average molecular weight is 204 g/mol. The topological polar surface area (TPSA) is 48.0 Å². The molecule has 2 heterocycles. The van der Waals surface area contributed by atoms with Crippen molar-refractivity contribution in [1.29, 1.82) is 0 Å². The minimum Gasteiger partial charge on any atom is -0.469 e. The molecule has 0 amide bonds. The van der Waals surface area contributed by atoms with Gasteiger partial charge in [0.05, 0.1) is 23.9 Å². The van der Waals surface area contributed by atoms with Crippen molar-refractivity contribution >= 4 is 5.78 Å². The second kappa shape index (κ2) is 3.73. The smallest absolute Gasteiger partial charge is 0.172 e. The lowest BCUT2D eigenvalue weighted by Gasteiger charge is -1.95. The van der Waals surface area contributed by atoms with Gasteiger partial charge in [-0.2, -0.15) is 5.10 Å². The summed E-state index contributed by atoms with van der Waals surface area (Å²) in [6, 6.07) is 3.54. The van der Waals surface area contributed by atoms with Gasteiger partial charge < -0.3 is 4.42 Å². The molecule has 0 aromatic carbocycles. The molecule has 0 aliphatic rings. The summed E-state index contributed by atoms with van der Waals surface area (Å²) >= 11 is 0. The molecule has 2 rings (SSSR count). The highest BCUT2D eigenvalue weighted by atomic mass is 16.3. The standard InChI is InChI=1S/C11H12N2O2/c1-8-10(4-6-15-8)11(14)7-9-3-5-13(2)12-9/h3-6H,7H2,1-2H3. The number of hydrogen-bond acceptors (Lipinski definition) is 3. The van der Waals surface area contributed by atoms with E-state index in [4.69, 9.17) is 4.42 Å². The molecule has 0 saturated heterocycles. The van der Waals surface area contributed by atoms with Gasteiger partial charge in [0.15, 0.2) is 5.78 Å². The molecule has 2 aromatic rings. The zero-order valence-electron chi connectivity index (χ0n) is 8.73. The normalized spacial score (nSPS) is 10.5. The number of carbonyl (C=O) groups excluding carboxylic acids is 1. The van der Waals surface area contributed by atoms with Gasteiger partial charge in [-0.25, -0.2) is 0 Å². The Morgan fingerprint density at radius 1 is 1.53 bits per heavy atom. The third-order valence-corrected chi connectivity index (χ3v) is 2.27. The van der Waals surface area contributed by atoms with Gasteiger partial charge in [0.2, 0.25) is 0 Å². The maximum atomic E-state index is 11.8. The highest BCUT2D eigenvalue weighted by Gasteiger charge is 2.13. The third kappa shape index (κ3) is 1.98. The molecule has 78 valence electrons. The molecule has 0 bridgehead atoms. The monoisotopic (exact) mass is 204 g/mol. The van der Waals surface area contributed by atoms with Crippen molar-refractivity contribution < 1.29 is 9.21 Å². The first kappa shape index (κ1) is 9.71. The highest BCUT2D eigenvalue weighted by Crippen LogP contribution is 2.11. The predicted octanol–water partition coefficient (Wildman–Crippen LogP) is 1.75. The zero-order valence-corrected chi connectivity index (χ0v) is 8.73. The average Bonchev–Trinajstić information content (AvgIpc) is 2.75. The van der Waals surface area contributed by atoms with Crippen molar-refractivity contribution in [2.75, 3.05) is 0 Å². The van der Waals surface area contributed by atoms with Crippen molar-refractivity contribution in [3.8, 4) is 0 Å². The Labute approximate surface area is 87.5 Å². The molecule has 0 radical (unpaired) electrons. The Morgan fingerprint density at radius 3 is 2.87 bits per heavy atom. The van der Waals surface area contributed by atoms with Crippen molar-refractivity contribution in [2.45, 2.75) is 13.3 Å². The van der Waals surface area contributed by atoms with E-state index in [2.05, 4.69) is 5.10 Å². The summed E-state index contributed by atoms with van der Waals surface area (Å²) in [5.41, 5.74) is 1.42. The van der Waals surface area contributed by atoms with Crippen LogP contribution in [0.25, 0.3) is 0 Å². The first-order chi connectivity index (χ1) is 7.16. The van der Waals surface area contributed by atoms with Gasteiger partial charge in [-0.05, 0) is 19.1 Å². The van der Waals surface area contributed by atoms with E-state index in [9.17, 15) is 4.79 Å². The molecule has 0 unspecified atom stereocenters. The van der Waals surface area contributed by atoms with Crippen LogP contribution in [0.15, 0.2) is 29.0 Å². The molecule has 0 atom stereocenters. The molecule has 4 heteroatoms. The number of hydrogen-bond donors (Lipinski definition) is 0. The zero-order chi connectivity index (χ0) is 10.8. The van der Waals surface area contributed by atoms with Gasteiger partial charge in [0.1, 0.15) is 5.76 Å². The Morgan fingerprint density at radius 2 is 2.33 bits per heavy atom. The van der Waals surface area contributed by atoms with Crippen LogP contribution in [0.1, 0.15) is 21.8 Å². The third-order valence-electron chi connectivity index (χ3n) is 2.27. The Kier molecular flexibility index (Phi) is 2.41. The quantitative estimate of drug-likeness (QED) is 0.715. The fourth-order valence-electron chi connectivity index (χ4n) is 1.49. The molecular weight excluding hydrogens is 192 g/mol. The first-order valence-electron chi connectivity index (χ1n) is 4.72. The van der Waals surface area contributed by atoms with E-state index in [-0.39, 0.29) is 5.78 Å². The van der Waals surface area contributed by atoms with Gasteiger partial charge in [-0.15, -0.1) is 0 Å². The fourth-order valence-corrected chi connectivity index (χ4v) is 1.49. The summed E-state index contributed by atoms with van der Waals surface area (Å²) in [6.07, 6.45) is 3.67. The van der Waals surface area contributed by atoms with Crippen LogP contribution in [0.3, 0.4) is 0 Å². The number of nitrogens with zero attached hydrogens (tertiary/aromatic N) is 2. The number of rotatable bonds is 3. The largest absolute Gasteiger partial charge is 0.469 e. The molecule has 4 nitrogen and oxygen atoms in total. The lowest BCUT2D eigenvalue weighted by molar-refractivity contribution is 0.0990. The van der Waals surface area contributed by atoms with Crippen molar-refractivity contribution in [3.63, 3.8) is 0 Å². The van der Waals surface area contributed by atoms with Crippen LogP contribution in [0.5, 0.6) is 0 Å². The molecule has 0 aliphatic carbocycles. The van der Waals surface area contributed by atoms with E-state index in [1.807, 2.05) is 19.3 Å². The van der Waals surface area contributed by atoms with Crippen molar-refractivity contribution in [1.82, 2.24) is 9.78 Å². The molecule has 2 aromatic heterocycles. The van der Waals surface area contributed by atoms with Gasteiger partial charge in [-0.1, -0.05) is 0 Å². The molecule has 0 fully saturated rings. The molecular formula is C11H12N2O2. The summed E-state index contributed by atoms with van der Waals surface area (Å²) in [5, 5.41) is 4.16. The summed E-state index contributed by atoms with van der Waals surface area (Å²) in [4.78, 5) is 11.8. The molecule has 15 heavy (non-hydrogen) atoms. The van der Waals surface area contributed by atoms with Gasteiger partial charge >= 0.3 is 0 Å². The maximum absolute atomic E-state index is 11.8. The summed E-state index contributed by atoms with van der Waals surface area (Å²) in [7, 11) is 1.83. The van der Waals surface area contributed by atoms with Crippen LogP contribution in [0, 0.1) is 6.92 Å². The van der Waals surface area contributed by atoms with Crippen LogP contribution in [0.4, 0.5) is 0 Å². The predicted molar refractivity (Wildman–Crippen MR) is 54.7 cm³/mol. The fraction of sp³-hybridized carbons (Fsp3) is 0.273. The maximum Gasteiger partial charge on any atom is 0.172 e. The van der Waals surface area contributed by atoms with E-state index >= 15 is 0 Å². The number of carbonyl (C=O) groups is 1. The number of aromatic nitrogens is 2. The van der Waals surface area contributed by atoms with Crippen LogP contribution in [-0.4, -0.2) is 15.6 Å². The van der Waals surface area contributed by atoms with E-state index in [1.54, 1.807) is 17.7 Å². The highest BCUT2D eigenvalue weighted by molar-refractivity contribution is 5.98. The molecule has 0 saturated carbocycles. The lowest BCUT2D eigenvalue weighted by atomic mass is 10.1. The summed E-state index contributed by atoms with van der Waals surface area (Å²) < 4.78 is 6.77. The number of Topliss-reactive ketones (excluding diaryl/α,β-unsaturated/α-hetero) is 1. The number of ketones is 1. The molecule has 0 aliphatic heterocycles. The number of aryl methyl sites for hydroxylation is 2. The number of furan rings is 1. The van der Waals surface area contributed by atoms with E-state index in [0.29, 0.717) is 17.7 Å². The van der Waals surface area contributed by atoms with E-state index in [1.165, 1.54) is 6.26 Å². The van der Waals surface area contributed by atoms with Gasteiger partial charge in [-0.3, -0.25) is 9.48 Å². The summed E-state index contributed by atoms with van der Waals surface area (Å²) in [6.45, 7) is 1.78. The first-order valence-corrected chi connectivity index (χ1v) is 4.72. The minimum atomic E-state index is 0.0416. The Bertz CT molecular complexity index is 482. The minimum absolute atomic E-state index is 0.0416. The molecule has 0 N–H and O–H groups in total. The Hall–Kier alpha value is -1.84. The lowest BCUT2D eigenvalue weighted by Crippen LogP contribution is -2.04. The van der Waals surface area contributed by atoms with Crippen LogP contribution >= 0.6 is 0 Å². The molecule has 0 spiro atoms. The van der Waals surface area contributed by atoms with Crippen LogP contribution < -0.4 is 0 Å². The summed E-state index contributed by atoms with van der Waals surface area (Å²) in [5.74, 6) is 0.705. The van der Waals surface area contributed by atoms with Crippen molar-refractivity contribution in [2.24, 2.45) is 7.05 Å². The second-order valence-corrected chi connectivity index (χ2v) is 3.47. The SMILES string of the molecule is Cc1occc1C(=O)Cc1ccn(C)n1. The van der Waals surface area contributed by atoms with E-state index < -0.39 is 0 Å². The second-order valence-electron chi connectivity index (χ2n) is 3.47. The van der Waals surface area contributed by atoms with Gasteiger partial charge in [0, 0.05) is 13.2 Å². The van der Waals surface area contributed by atoms with Crippen molar-refractivity contribution in [3.05, 3.63) is 41.6 Å². The van der Waals surface area contributed by atoms with E-state index in [0.717, 1.165) is 5.69 Å².